The lowest BCUT2D eigenvalue weighted by Crippen LogP contribution is -2.57. The number of nitrogens with two attached hydrogens (primary N) is 1. The molecule has 0 radical (unpaired) electrons. The van der Waals surface area contributed by atoms with Crippen LogP contribution in [0.4, 0.5) is 0 Å². The molecule has 0 bridgehead atoms. The molecule has 1 aliphatic rings. The molecular formula is C13H14ClN5O. The lowest BCUT2D eigenvalue weighted by molar-refractivity contribution is 0.0602. The highest BCUT2D eigenvalue weighted by Gasteiger charge is 2.29. The van der Waals surface area contributed by atoms with Crippen molar-refractivity contribution in [1.82, 2.24) is 19.9 Å². The minimum Gasteiger partial charge on any atom is -0.334 e. The van der Waals surface area contributed by atoms with Crippen molar-refractivity contribution in [1.29, 1.82) is 0 Å². The number of aromatic nitrogens is 3. The smallest absolute Gasteiger partial charge is 0.276 e. The minimum absolute atomic E-state index is 0.0862. The van der Waals surface area contributed by atoms with Crippen LogP contribution in [0.2, 0.25) is 5.02 Å². The molecule has 0 aliphatic carbocycles. The van der Waals surface area contributed by atoms with E-state index < -0.39 is 0 Å². The molecule has 1 aromatic carbocycles. The van der Waals surface area contributed by atoms with Gasteiger partial charge in [-0.15, -0.1) is 5.10 Å². The zero-order valence-corrected chi connectivity index (χ0v) is 11.5. The molecule has 2 heterocycles. The van der Waals surface area contributed by atoms with E-state index in [1.54, 1.807) is 15.8 Å². The zero-order valence-electron chi connectivity index (χ0n) is 10.7. The van der Waals surface area contributed by atoms with Gasteiger partial charge in [0.15, 0.2) is 5.69 Å². The van der Waals surface area contributed by atoms with Crippen LogP contribution < -0.4 is 5.73 Å². The molecule has 0 atom stereocenters. The normalized spacial score (nSPS) is 15.2. The van der Waals surface area contributed by atoms with E-state index in [1.165, 1.54) is 0 Å². The number of carbonyl (C=O) groups excluding carboxylic acids is 1. The van der Waals surface area contributed by atoms with Crippen LogP contribution >= 0.6 is 11.6 Å². The number of nitrogens with zero attached hydrogens (tertiary/aromatic N) is 4. The molecule has 3 rings (SSSR count). The first-order valence-corrected chi connectivity index (χ1v) is 6.69. The number of likely N-dealkylation sites (tertiary alicyclic amines) is 1. The molecular weight excluding hydrogens is 278 g/mol. The second-order valence-electron chi connectivity index (χ2n) is 4.90. The summed E-state index contributed by atoms with van der Waals surface area (Å²) in [5, 5.41) is 8.57. The summed E-state index contributed by atoms with van der Waals surface area (Å²) in [4.78, 5) is 13.7. The maximum absolute atomic E-state index is 12.0. The maximum Gasteiger partial charge on any atom is 0.276 e. The first kappa shape index (κ1) is 13.1. The van der Waals surface area contributed by atoms with E-state index in [9.17, 15) is 4.79 Å². The summed E-state index contributed by atoms with van der Waals surface area (Å²) in [6.07, 6.45) is 1.65. The highest BCUT2D eigenvalue weighted by molar-refractivity contribution is 6.30. The minimum atomic E-state index is -0.117. The first-order valence-electron chi connectivity index (χ1n) is 6.31. The van der Waals surface area contributed by atoms with Gasteiger partial charge in [-0.1, -0.05) is 28.9 Å². The molecule has 104 valence electrons. The standard InChI is InChI=1S/C13H14ClN5O/c14-10-3-1-9(2-4-10)5-19-8-12(16-17-19)13(20)18-6-11(15)7-18/h1-4,8,11H,5-7,15H2. The van der Waals surface area contributed by atoms with Gasteiger partial charge >= 0.3 is 0 Å². The molecule has 7 heteroatoms. The third kappa shape index (κ3) is 2.66. The lowest BCUT2D eigenvalue weighted by Gasteiger charge is -2.36. The number of benzene rings is 1. The van der Waals surface area contributed by atoms with E-state index in [2.05, 4.69) is 10.3 Å². The lowest BCUT2D eigenvalue weighted by atomic mass is 10.1. The van der Waals surface area contributed by atoms with E-state index in [0.717, 1.165) is 5.56 Å². The molecule has 6 nitrogen and oxygen atoms in total. The van der Waals surface area contributed by atoms with Crippen LogP contribution in [-0.2, 0) is 6.54 Å². The third-order valence-electron chi connectivity index (χ3n) is 3.21. The molecule has 0 unspecified atom stereocenters. The Hall–Kier alpha value is -1.92. The van der Waals surface area contributed by atoms with Crippen molar-refractivity contribution in [3.8, 4) is 0 Å². The highest BCUT2D eigenvalue weighted by atomic mass is 35.5. The van der Waals surface area contributed by atoms with Gasteiger partial charge in [-0.3, -0.25) is 4.79 Å². The van der Waals surface area contributed by atoms with Crippen LogP contribution in [-0.4, -0.2) is 44.9 Å². The van der Waals surface area contributed by atoms with Crippen molar-refractivity contribution in [2.45, 2.75) is 12.6 Å². The van der Waals surface area contributed by atoms with Gasteiger partial charge in [-0.2, -0.15) is 0 Å². The molecule has 0 saturated carbocycles. The SMILES string of the molecule is NC1CN(C(=O)c2cn(Cc3ccc(Cl)cc3)nn2)C1. The Morgan fingerprint density at radius 3 is 2.70 bits per heavy atom. The van der Waals surface area contributed by atoms with Gasteiger partial charge in [0, 0.05) is 24.2 Å². The summed E-state index contributed by atoms with van der Waals surface area (Å²) in [5.74, 6) is -0.117. The molecule has 1 aliphatic heterocycles. The third-order valence-corrected chi connectivity index (χ3v) is 3.46. The number of amides is 1. The molecule has 2 aromatic rings. The van der Waals surface area contributed by atoms with Gasteiger partial charge < -0.3 is 10.6 Å². The highest BCUT2D eigenvalue weighted by Crippen LogP contribution is 2.12. The maximum atomic E-state index is 12.0. The molecule has 0 spiro atoms. The number of carbonyl (C=O) groups is 1. The van der Waals surface area contributed by atoms with Gasteiger partial charge in [0.25, 0.3) is 5.91 Å². The molecule has 20 heavy (non-hydrogen) atoms. The summed E-state index contributed by atoms with van der Waals surface area (Å²) in [6, 6.07) is 7.56. The van der Waals surface area contributed by atoms with E-state index in [-0.39, 0.29) is 11.9 Å². The quantitative estimate of drug-likeness (QED) is 0.906. The Labute approximate surface area is 121 Å². The molecule has 1 aromatic heterocycles. The van der Waals surface area contributed by atoms with Crippen LogP contribution in [0.5, 0.6) is 0 Å². The molecule has 2 N–H and O–H groups in total. The molecule has 1 amide bonds. The fraction of sp³-hybridized carbons (Fsp3) is 0.308. The monoisotopic (exact) mass is 291 g/mol. The van der Waals surface area contributed by atoms with Crippen molar-refractivity contribution >= 4 is 17.5 Å². The number of halogens is 1. The van der Waals surface area contributed by atoms with Crippen molar-refractivity contribution < 1.29 is 4.79 Å². The Kier molecular flexibility index (Phi) is 3.42. The first-order chi connectivity index (χ1) is 9.61. The fourth-order valence-electron chi connectivity index (χ4n) is 2.09. The average molecular weight is 292 g/mol. The predicted molar refractivity (Wildman–Crippen MR) is 74.5 cm³/mol. The Morgan fingerprint density at radius 2 is 2.05 bits per heavy atom. The van der Waals surface area contributed by atoms with Crippen LogP contribution in [0.3, 0.4) is 0 Å². The van der Waals surface area contributed by atoms with Crippen molar-refractivity contribution in [3.05, 3.63) is 46.7 Å². The van der Waals surface area contributed by atoms with Crippen LogP contribution in [0.1, 0.15) is 16.1 Å². The zero-order chi connectivity index (χ0) is 14.1. The van der Waals surface area contributed by atoms with Gasteiger partial charge in [-0.25, -0.2) is 4.68 Å². The van der Waals surface area contributed by atoms with Gasteiger partial charge in [-0.05, 0) is 17.7 Å². The fourth-order valence-corrected chi connectivity index (χ4v) is 2.22. The number of rotatable bonds is 3. The predicted octanol–water partition coefficient (Wildman–Crippen LogP) is 0.763. The van der Waals surface area contributed by atoms with E-state index >= 15 is 0 Å². The van der Waals surface area contributed by atoms with E-state index in [1.807, 2.05) is 24.3 Å². The second kappa shape index (κ2) is 5.22. The number of hydrogen-bond acceptors (Lipinski definition) is 4. The van der Waals surface area contributed by atoms with E-state index in [0.29, 0.717) is 30.4 Å². The summed E-state index contributed by atoms with van der Waals surface area (Å²) < 4.78 is 1.64. The summed E-state index contributed by atoms with van der Waals surface area (Å²) >= 11 is 5.83. The Morgan fingerprint density at radius 1 is 1.35 bits per heavy atom. The largest absolute Gasteiger partial charge is 0.334 e. The Bertz CT molecular complexity index is 618. The molecule has 1 fully saturated rings. The van der Waals surface area contributed by atoms with Gasteiger partial charge in [0.1, 0.15) is 0 Å². The topological polar surface area (TPSA) is 77.0 Å². The summed E-state index contributed by atoms with van der Waals surface area (Å²) in [6.45, 7) is 1.72. The average Bonchev–Trinajstić information content (AvgIpc) is 2.86. The van der Waals surface area contributed by atoms with Crippen molar-refractivity contribution in [2.24, 2.45) is 5.73 Å². The number of hydrogen-bond donors (Lipinski definition) is 1. The summed E-state index contributed by atoms with van der Waals surface area (Å²) in [7, 11) is 0. The molecule has 1 saturated heterocycles. The van der Waals surface area contributed by atoms with Crippen LogP contribution in [0.25, 0.3) is 0 Å². The van der Waals surface area contributed by atoms with Gasteiger partial charge in [0.2, 0.25) is 0 Å². The Balaban J connectivity index is 1.67. The van der Waals surface area contributed by atoms with Crippen LogP contribution in [0.15, 0.2) is 30.5 Å². The second-order valence-corrected chi connectivity index (χ2v) is 5.33. The summed E-state index contributed by atoms with van der Waals surface area (Å²) in [5.41, 5.74) is 7.06. The van der Waals surface area contributed by atoms with Gasteiger partial charge in [0.05, 0.1) is 12.7 Å². The van der Waals surface area contributed by atoms with Crippen molar-refractivity contribution in [3.63, 3.8) is 0 Å². The van der Waals surface area contributed by atoms with E-state index in [4.69, 9.17) is 17.3 Å². The van der Waals surface area contributed by atoms with Crippen molar-refractivity contribution in [2.75, 3.05) is 13.1 Å². The van der Waals surface area contributed by atoms with Crippen LogP contribution in [0, 0.1) is 0 Å².